The summed E-state index contributed by atoms with van der Waals surface area (Å²) in [6.45, 7) is 11.1. The maximum Gasteiger partial charge on any atom is 0.241 e. The zero-order chi connectivity index (χ0) is 14.2. The number of nitrogens with zero attached hydrogens (tertiary/aromatic N) is 1. The molecule has 1 aliphatic carbocycles. The Labute approximate surface area is 118 Å². The van der Waals surface area contributed by atoms with Crippen molar-refractivity contribution in [1.29, 1.82) is 0 Å². The normalized spacial score (nSPS) is 29.9. The Hall–Kier alpha value is -0.570. The molecule has 3 unspecified atom stereocenters. The van der Waals surface area contributed by atoms with E-state index in [2.05, 4.69) is 44.8 Å². The summed E-state index contributed by atoms with van der Waals surface area (Å²) < 4.78 is 0. The highest BCUT2D eigenvalue weighted by Crippen LogP contribution is 2.45. The van der Waals surface area contributed by atoms with Gasteiger partial charge in [0.2, 0.25) is 5.91 Å². The zero-order valence-electron chi connectivity index (χ0n) is 13.2. The van der Waals surface area contributed by atoms with Crippen molar-refractivity contribution < 1.29 is 4.79 Å². The van der Waals surface area contributed by atoms with Crippen molar-refractivity contribution in [3.8, 4) is 0 Å². The number of nitrogens with one attached hydrogen (secondary N) is 1. The summed E-state index contributed by atoms with van der Waals surface area (Å²) in [6, 6.07) is 0.0274. The monoisotopic (exact) mass is 266 g/mol. The van der Waals surface area contributed by atoms with Crippen LogP contribution in [-0.4, -0.2) is 28.6 Å². The largest absolute Gasteiger partial charge is 0.320 e. The Balaban J connectivity index is 2.20. The van der Waals surface area contributed by atoms with Gasteiger partial charge in [0.05, 0.1) is 12.2 Å². The molecule has 0 spiro atoms. The average molecular weight is 266 g/mol. The second-order valence-corrected chi connectivity index (χ2v) is 6.97. The Kier molecular flexibility index (Phi) is 4.24. The van der Waals surface area contributed by atoms with Crippen LogP contribution >= 0.6 is 0 Å². The topological polar surface area (TPSA) is 32.3 Å². The SMILES string of the molecule is CCCC1NC(C(C)CC)C(=O)N1C(C)(C)C1CC1. The third-order valence-corrected chi connectivity index (χ3v) is 5.16. The highest BCUT2D eigenvalue weighted by Gasteiger charge is 2.52. The minimum absolute atomic E-state index is 0.0200. The number of hydrogen-bond donors (Lipinski definition) is 1. The quantitative estimate of drug-likeness (QED) is 0.801. The van der Waals surface area contributed by atoms with E-state index in [0.29, 0.717) is 17.7 Å². The summed E-state index contributed by atoms with van der Waals surface area (Å²) in [7, 11) is 0. The number of carbonyl (C=O) groups is 1. The van der Waals surface area contributed by atoms with Crippen LogP contribution in [0.3, 0.4) is 0 Å². The van der Waals surface area contributed by atoms with E-state index in [4.69, 9.17) is 0 Å². The molecule has 0 bridgehead atoms. The van der Waals surface area contributed by atoms with Crippen LogP contribution in [0.1, 0.15) is 66.7 Å². The van der Waals surface area contributed by atoms with Gasteiger partial charge in [-0.15, -0.1) is 0 Å². The lowest BCUT2D eigenvalue weighted by molar-refractivity contribution is -0.137. The lowest BCUT2D eigenvalue weighted by Gasteiger charge is -2.40. The first kappa shape index (κ1) is 14.8. The van der Waals surface area contributed by atoms with E-state index >= 15 is 0 Å². The van der Waals surface area contributed by atoms with Gasteiger partial charge in [0.1, 0.15) is 0 Å². The maximum atomic E-state index is 12.8. The lowest BCUT2D eigenvalue weighted by Crippen LogP contribution is -2.52. The van der Waals surface area contributed by atoms with Crippen molar-refractivity contribution in [2.24, 2.45) is 11.8 Å². The van der Waals surface area contributed by atoms with Crippen molar-refractivity contribution in [2.75, 3.05) is 0 Å². The molecule has 0 aromatic rings. The Bertz CT molecular complexity index is 336. The molecule has 3 atom stereocenters. The fraction of sp³-hybridized carbons (Fsp3) is 0.938. The van der Waals surface area contributed by atoms with Gasteiger partial charge in [-0.05, 0) is 44.9 Å². The predicted molar refractivity (Wildman–Crippen MR) is 78.7 cm³/mol. The molecule has 1 heterocycles. The van der Waals surface area contributed by atoms with E-state index < -0.39 is 0 Å². The van der Waals surface area contributed by atoms with Crippen molar-refractivity contribution in [1.82, 2.24) is 10.2 Å². The van der Waals surface area contributed by atoms with Crippen LogP contribution in [-0.2, 0) is 4.79 Å². The van der Waals surface area contributed by atoms with Crippen molar-refractivity contribution in [2.45, 2.75) is 84.5 Å². The van der Waals surface area contributed by atoms with Crippen LogP contribution < -0.4 is 5.32 Å². The van der Waals surface area contributed by atoms with E-state index in [1.54, 1.807) is 0 Å². The second-order valence-electron chi connectivity index (χ2n) is 6.97. The molecule has 1 saturated heterocycles. The Morgan fingerprint density at radius 2 is 2.00 bits per heavy atom. The van der Waals surface area contributed by atoms with Crippen LogP contribution in [0.4, 0.5) is 0 Å². The number of rotatable bonds is 6. The molecule has 1 amide bonds. The molecule has 2 rings (SSSR count). The van der Waals surface area contributed by atoms with Gasteiger partial charge in [-0.25, -0.2) is 0 Å². The molecule has 3 nitrogen and oxygen atoms in total. The average Bonchev–Trinajstić information content (AvgIpc) is 3.15. The van der Waals surface area contributed by atoms with Gasteiger partial charge in [0.25, 0.3) is 0 Å². The van der Waals surface area contributed by atoms with E-state index in [-0.39, 0.29) is 17.7 Å². The van der Waals surface area contributed by atoms with E-state index in [1.807, 2.05) is 0 Å². The molecule has 0 radical (unpaired) electrons. The standard InChI is InChI=1S/C16H30N2O/c1-6-8-13-17-14(11(3)7-2)15(19)18(13)16(4,5)12-9-10-12/h11-14,17H,6-10H2,1-5H3. The van der Waals surface area contributed by atoms with Crippen molar-refractivity contribution in [3.05, 3.63) is 0 Å². The van der Waals surface area contributed by atoms with Crippen LogP contribution in [0, 0.1) is 11.8 Å². The van der Waals surface area contributed by atoms with E-state index in [0.717, 1.165) is 19.3 Å². The number of amides is 1. The van der Waals surface area contributed by atoms with Gasteiger partial charge in [-0.2, -0.15) is 0 Å². The molecule has 1 N–H and O–H groups in total. The molecule has 1 aliphatic heterocycles. The summed E-state index contributed by atoms with van der Waals surface area (Å²) in [5, 5.41) is 3.61. The molecule has 110 valence electrons. The first-order chi connectivity index (χ1) is 8.93. The Morgan fingerprint density at radius 3 is 2.47 bits per heavy atom. The molecule has 0 aromatic carbocycles. The highest BCUT2D eigenvalue weighted by atomic mass is 16.2. The minimum Gasteiger partial charge on any atom is -0.320 e. The van der Waals surface area contributed by atoms with Crippen LogP contribution in [0.2, 0.25) is 0 Å². The molecule has 1 saturated carbocycles. The van der Waals surface area contributed by atoms with Gasteiger partial charge in [0, 0.05) is 5.54 Å². The number of carbonyl (C=O) groups excluding carboxylic acids is 1. The van der Waals surface area contributed by atoms with Crippen LogP contribution in [0.15, 0.2) is 0 Å². The van der Waals surface area contributed by atoms with Crippen molar-refractivity contribution in [3.63, 3.8) is 0 Å². The number of hydrogen-bond acceptors (Lipinski definition) is 2. The summed E-state index contributed by atoms with van der Waals surface area (Å²) in [5.74, 6) is 1.46. The molecular weight excluding hydrogens is 236 g/mol. The smallest absolute Gasteiger partial charge is 0.241 e. The fourth-order valence-corrected chi connectivity index (χ4v) is 3.46. The molecule has 0 aromatic heterocycles. The molecule has 2 aliphatic rings. The van der Waals surface area contributed by atoms with Crippen LogP contribution in [0.25, 0.3) is 0 Å². The Morgan fingerprint density at radius 1 is 1.37 bits per heavy atom. The van der Waals surface area contributed by atoms with Crippen LogP contribution in [0.5, 0.6) is 0 Å². The predicted octanol–water partition coefficient (Wildman–Crippen LogP) is 3.15. The third-order valence-electron chi connectivity index (χ3n) is 5.16. The van der Waals surface area contributed by atoms with Crippen molar-refractivity contribution >= 4 is 5.91 Å². The van der Waals surface area contributed by atoms with Gasteiger partial charge >= 0.3 is 0 Å². The van der Waals surface area contributed by atoms with E-state index in [1.165, 1.54) is 12.8 Å². The van der Waals surface area contributed by atoms with Gasteiger partial charge < -0.3 is 4.90 Å². The molecule has 3 heteroatoms. The summed E-state index contributed by atoms with van der Waals surface area (Å²) >= 11 is 0. The fourth-order valence-electron chi connectivity index (χ4n) is 3.46. The van der Waals surface area contributed by atoms with Gasteiger partial charge in [0.15, 0.2) is 0 Å². The summed E-state index contributed by atoms with van der Waals surface area (Å²) in [5.41, 5.74) is 0.0200. The second kappa shape index (κ2) is 5.43. The molecule has 2 fully saturated rings. The first-order valence-electron chi connectivity index (χ1n) is 8.02. The summed E-state index contributed by atoms with van der Waals surface area (Å²) in [6.07, 6.45) is 6.05. The highest BCUT2D eigenvalue weighted by molar-refractivity contribution is 5.85. The van der Waals surface area contributed by atoms with E-state index in [9.17, 15) is 4.79 Å². The third kappa shape index (κ3) is 2.67. The maximum absolute atomic E-state index is 12.8. The van der Waals surface area contributed by atoms with Gasteiger partial charge in [-0.3, -0.25) is 10.1 Å². The lowest BCUT2D eigenvalue weighted by atomic mass is 9.93. The summed E-state index contributed by atoms with van der Waals surface area (Å²) in [4.78, 5) is 15.0. The minimum atomic E-state index is 0.0200. The molecular formula is C16H30N2O. The first-order valence-corrected chi connectivity index (χ1v) is 8.02. The van der Waals surface area contributed by atoms with Gasteiger partial charge in [-0.1, -0.05) is 33.6 Å². The molecule has 19 heavy (non-hydrogen) atoms. The zero-order valence-corrected chi connectivity index (χ0v) is 13.2.